The van der Waals surface area contributed by atoms with Gasteiger partial charge in [-0.2, -0.15) is 5.26 Å². The Kier molecular flexibility index (Phi) is 6.93. The number of aromatic nitrogens is 3. The van der Waals surface area contributed by atoms with Crippen molar-refractivity contribution in [3.8, 4) is 28.7 Å². The van der Waals surface area contributed by atoms with Crippen LogP contribution in [0.25, 0.3) is 22.2 Å². The summed E-state index contributed by atoms with van der Waals surface area (Å²) >= 11 is 0. The van der Waals surface area contributed by atoms with Crippen LogP contribution in [0.2, 0.25) is 0 Å². The maximum Gasteiger partial charge on any atom is 0.246 e. The van der Waals surface area contributed by atoms with E-state index in [2.05, 4.69) is 28.0 Å². The van der Waals surface area contributed by atoms with E-state index in [1.807, 2.05) is 70.1 Å². The molecule has 1 aliphatic carbocycles. The van der Waals surface area contributed by atoms with Gasteiger partial charge < -0.3 is 19.9 Å². The molecule has 1 saturated carbocycles. The maximum absolute atomic E-state index is 12.9. The van der Waals surface area contributed by atoms with Crippen LogP contribution in [-0.4, -0.2) is 63.0 Å². The molecule has 0 radical (unpaired) electrons. The van der Waals surface area contributed by atoms with Crippen LogP contribution < -0.4 is 10.5 Å². The second kappa shape index (κ2) is 10.8. The van der Waals surface area contributed by atoms with E-state index in [4.69, 9.17) is 10.5 Å². The van der Waals surface area contributed by atoms with Crippen molar-refractivity contribution in [1.82, 2.24) is 24.3 Å². The van der Waals surface area contributed by atoms with Crippen molar-refractivity contribution in [2.45, 2.75) is 31.3 Å². The van der Waals surface area contributed by atoms with Gasteiger partial charge >= 0.3 is 0 Å². The first-order valence-electron chi connectivity index (χ1n) is 13.6. The maximum atomic E-state index is 12.9. The molecule has 4 aromatic rings. The Bertz CT molecular complexity index is 1600. The summed E-state index contributed by atoms with van der Waals surface area (Å²) in [7, 11) is 2.09. The predicted octanol–water partition coefficient (Wildman–Crippen LogP) is 4.77. The van der Waals surface area contributed by atoms with Gasteiger partial charge in [0.25, 0.3) is 0 Å². The minimum absolute atomic E-state index is 0.00923. The first-order valence-corrected chi connectivity index (χ1v) is 13.6. The zero-order chi connectivity index (χ0) is 27.6. The molecule has 3 heterocycles. The second-order valence-corrected chi connectivity index (χ2v) is 10.4. The number of nitriles is 1. The summed E-state index contributed by atoms with van der Waals surface area (Å²) < 4.78 is 7.89. The molecule has 0 spiro atoms. The summed E-state index contributed by atoms with van der Waals surface area (Å²) in [6, 6.07) is 20.1. The number of fused-ring (bicyclic) bond motifs is 1. The number of likely N-dealkylation sites (tertiary alicyclic amines) is 1. The number of nitrogens with two attached hydrogens (primary N) is 1. The highest BCUT2D eigenvalue weighted by Crippen LogP contribution is 2.40. The number of carbonyl (C=O) groups excluding carboxylic acids is 1. The fourth-order valence-corrected chi connectivity index (χ4v) is 5.46. The molecular formula is C31H31N7O2. The average molecular weight is 534 g/mol. The third-order valence-corrected chi connectivity index (χ3v) is 7.70. The third kappa shape index (κ3) is 5.01. The molecule has 40 heavy (non-hydrogen) atoms. The molecule has 0 unspecified atom stereocenters. The number of hydrogen-bond acceptors (Lipinski definition) is 7. The average Bonchev–Trinajstić information content (AvgIpc) is 3.61. The molecule has 2 aliphatic rings. The van der Waals surface area contributed by atoms with Crippen molar-refractivity contribution in [3.05, 3.63) is 78.8 Å². The van der Waals surface area contributed by atoms with Crippen molar-refractivity contribution in [2.24, 2.45) is 0 Å². The highest BCUT2D eigenvalue weighted by Gasteiger charge is 2.32. The summed E-state index contributed by atoms with van der Waals surface area (Å²) in [6.07, 6.45) is 8.22. The molecule has 9 nitrogen and oxygen atoms in total. The minimum atomic E-state index is -0.104. The van der Waals surface area contributed by atoms with Gasteiger partial charge in [-0.05, 0) is 56.1 Å². The molecule has 0 bridgehead atoms. The van der Waals surface area contributed by atoms with Gasteiger partial charge in [0.15, 0.2) is 0 Å². The first-order chi connectivity index (χ1) is 19.5. The van der Waals surface area contributed by atoms with E-state index < -0.39 is 0 Å². The lowest BCUT2D eigenvalue weighted by atomic mass is 10.0. The largest absolute Gasteiger partial charge is 0.457 e. The molecule has 202 valence electrons. The topological polar surface area (TPSA) is 113 Å². The Morgan fingerprint density at radius 3 is 2.60 bits per heavy atom. The summed E-state index contributed by atoms with van der Waals surface area (Å²) in [6.45, 7) is 1.87. The zero-order valence-corrected chi connectivity index (χ0v) is 22.4. The first kappa shape index (κ1) is 25.6. The van der Waals surface area contributed by atoms with Crippen LogP contribution in [0, 0.1) is 11.3 Å². The Morgan fingerprint density at radius 2 is 1.88 bits per heavy atom. The van der Waals surface area contributed by atoms with Gasteiger partial charge in [-0.15, -0.1) is 0 Å². The lowest BCUT2D eigenvalue weighted by Gasteiger charge is -2.17. The van der Waals surface area contributed by atoms with Gasteiger partial charge in [-0.1, -0.05) is 36.4 Å². The molecule has 1 saturated heterocycles. The third-order valence-electron chi connectivity index (χ3n) is 7.70. The summed E-state index contributed by atoms with van der Waals surface area (Å²) in [5.41, 5.74) is 8.93. The lowest BCUT2D eigenvalue weighted by Crippen LogP contribution is -2.28. The van der Waals surface area contributed by atoms with E-state index in [1.165, 1.54) is 19.2 Å². The highest BCUT2D eigenvalue weighted by molar-refractivity contribution is 6.03. The molecule has 1 atom stereocenters. The fraction of sp³-hybridized carbons (Fsp3) is 0.290. The Morgan fingerprint density at radius 1 is 1.12 bits per heavy atom. The molecule has 1 aliphatic heterocycles. The van der Waals surface area contributed by atoms with E-state index in [0.717, 1.165) is 17.9 Å². The van der Waals surface area contributed by atoms with Gasteiger partial charge in [0, 0.05) is 37.3 Å². The van der Waals surface area contributed by atoms with Crippen LogP contribution in [0.5, 0.6) is 11.5 Å². The molecule has 2 fully saturated rings. The smallest absolute Gasteiger partial charge is 0.246 e. The predicted molar refractivity (Wildman–Crippen MR) is 154 cm³/mol. The SMILES string of the molecule is CN(C/C=C/C(=O)N1CC[C@@H](n2c(C#N)c(-c3ccc(Oc4ccccc4)cc3)c3c(N)ncnc32)C1)C1CC1. The van der Waals surface area contributed by atoms with Gasteiger partial charge in [0.1, 0.15) is 41.1 Å². The number of likely N-dealkylation sites (N-methyl/N-ethyl adjacent to an activating group) is 1. The van der Waals surface area contributed by atoms with Crippen LogP contribution in [-0.2, 0) is 4.79 Å². The Labute approximate surface area is 233 Å². The standard InChI is InChI=1S/C31H31N7O2/c1-36(22-11-12-22)16-5-8-27(39)37-17-15-23(19-37)38-26(18-32)28(29-30(33)34-20-35-31(29)38)21-9-13-25(14-10-21)40-24-6-3-2-4-7-24/h2-10,13-14,20,22-23H,11-12,15-17,19H2,1H3,(H2,33,34,35)/b8-5+/t23-/m1/s1. The molecule has 2 aromatic carbocycles. The summed E-state index contributed by atoms with van der Waals surface area (Å²) in [5.74, 6) is 1.73. The van der Waals surface area contributed by atoms with E-state index in [1.54, 1.807) is 6.08 Å². The van der Waals surface area contributed by atoms with Crippen molar-refractivity contribution < 1.29 is 9.53 Å². The Hall–Kier alpha value is -4.68. The molecule has 1 amide bonds. The van der Waals surface area contributed by atoms with Gasteiger partial charge in [-0.25, -0.2) is 9.97 Å². The number of nitrogens with zero attached hydrogens (tertiary/aromatic N) is 6. The van der Waals surface area contributed by atoms with Crippen LogP contribution >= 0.6 is 0 Å². The number of anilines is 1. The van der Waals surface area contributed by atoms with E-state index in [-0.39, 0.29) is 11.9 Å². The molecule has 2 N–H and O–H groups in total. The number of ether oxygens (including phenoxy) is 1. The number of rotatable bonds is 8. The van der Waals surface area contributed by atoms with Crippen LogP contribution in [0.1, 0.15) is 31.0 Å². The quantitative estimate of drug-likeness (QED) is 0.325. The van der Waals surface area contributed by atoms with Crippen molar-refractivity contribution in [3.63, 3.8) is 0 Å². The van der Waals surface area contributed by atoms with Crippen molar-refractivity contribution in [1.29, 1.82) is 5.26 Å². The highest BCUT2D eigenvalue weighted by atomic mass is 16.5. The number of nitrogen functional groups attached to an aromatic ring is 1. The van der Waals surface area contributed by atoms with E-state index in [9.17, 15) is 10.1 Å². The zero-order valence-electron chi connectivity index (χ0n) is 22.4. The van der Waals surface area contributed by atoms with Crippen LogP contribution in [0.3, 0.4) is 0 Å². The van der Waals surface area contributed by atoms with Gasteiger partial charge in [-0.3, -0.25) is 9.69 Å². The molecule has 2 aromatic heterocycles. The second-order valence-electron chi connectivity index (χ2n) is 10.4. The lowest BCUT2D eigenvalue weighted by molar-refractivity contribution is -0.125. The number of benzene rings is 2. The van der Waals surface area contributed by atoms with Crippen molar-refractivity contribution >= 4 is 22.8 Å². The molecule has 9 heteroatoms. The molecular weight excluding hydrogens is 502 g/mol. The number of carbonyl (C=O) groups is 1. The summed E-state index contributed by atoms with van der Waals surface area (Å²) in [4.78, 5) is 25.8. The van der Waals surface area contributed by atoms with E-state index >= 15 is 0 Å². The minimum Gasteiger partial charge on any atom is -0.457 e. The summed E-state index contributed by atoms with van der Waals surface area (Å²) in [5, 5.41) is 11.0. The number of amides is 1. The monoisotopic (exact) mass is 533 g/mol. The van der Waals surface area contributed by atoms with Crippen molar-refractivity contribution in [2.75, 3.05) is 32.4 Å². The van der Waals surface area contributed by atoms with Crippen LogP contribution in [0.4, 0.5) is 5.82 Å². The van der Waals surface area contributed by atoms with Gasteiger partial charge in [0.05, 0.1) is 11.4 Å². The van der Waals surface area contributed by atoms with E-state index in [0.29, 0.717) is 59.4 Å². The number of para-hydroxylation sites is 1. The molecule has 6 rings (SSSR count). The normalized spacial score (nSPS) is 17.1. The van der Waals surface area contributed by atoms with Crippen LogP contribution in [0.15, 0.2) is 73.1 Å². The van der Waals surface area contributed by atoms with Gasteiger partial charge in [0.2, 0.25) is 5.91 Å². The Balaban J connectivity index is 1.28. The fourth-order valence-electron chi connectivity index (χ4n) is 5.46. The number of hydrogen-bond donors (Lipinski definition) is 1.